The minimum Gasteiger partial charge on any atom is -0.379 e. The fourth-order valence-electron chi connectivity index (χ4n) is 3.42. The van der Waals surface area contributed by atoms with Gasteiger partial charge in [0.2, 0.25) is 5.91 Å². The predicted octanol–water partition coefficient (Wildman–Crippen LogP) is 1.91. The number of nitrogens with one attached hydrogen (secondary N) is 1. The number of aromatic nitrogens is 2. The Balaban J connectivity index is 1.45. The summed E-state index contributed by atoms with van der Waals surface area (Å²) in [5.74, 6) is 1.11. The minimum absolute atomic E-state index is 0.196. The molecule has 4 rings (SSSR count). The molecule has 1 saturated heterocycles. The normalized spacial score (nSPS) is 20.2. The zero-order valence-corrected chi connectivity index (χ0v) is 14.9. The summed E-state index contributed by atoms with van der Waals surface area (Å²) in [5, 5.41) is 5.51. The van der Waals surface area contributed by atoms with Crippen LogP contribution in [0, 0.1) is 0 Å². The first-order valence-electron chi connectivity index (χ1n) is 8.77. The topological polar surface area (TPSA) is 67.4 Å². The van der Waals surface area contributed by atoms with E-state index in [1.807, 2.05) is 22.4 Å². The highest BCUT2D eigenvalue weighted by Gasteiger charge is 2.24. The first-order valence-corrected chi connectivity index (χ1v) is 9.65. The summed E-state index contributed by atoms with van der Waals surface area (Å²) in [6.45, 7) is 2.97. The number of hydrogen-bond acceptors (Lipinski definition) is 6. The van der Waals surface area contributed by atoms with Crippen molar-refractivity contribution >= 4 is 23.1 Å². The van der Waals surface area contributed by atoms with E-state index in [9.17, 15) is 4.79 Å². The van der Waals surface area contributed by atoms with Crippen molar-refractivity contribution in [2.24, 2.45) is 0 Å². The standard InChI is InChI=1S/C18H22N4O2S/c23-17(10-14-2-1-9-25-14)22-6-3-15-16(4-7-22)19-12-20-18(15)21-13-5-8-24-11-13/h1-2,9,12-13H,3-8,10-11H2,(H,19,20,21)/t13-/m1/s1. The maximum Gasteiger partial charge on any atom is 0.227 e. The van der Waals surface area contributed by atoms with E-state index in [1.54, 1.807) is 17.7 Å². The highest BCUT2D eigenvalue weighted by Crippen LogP contribution is 2.23. The molecule has 0 unspecified atom stereocenters. The summed E-state index contributed by atoms with van der Waals surface area (Å²) in [6, 6.07) is 4.33. The Kier molecular flexibility index (Phi) is 4.94. The van der Waals surface area contributed by atoms with Gasteiger partial charge in [-0.05, 0) is 24.3 Å². The van der Waals surface area contributed by atoms with Crippen LogP contribution in [0.5, 0.6) is 0 Å². The van der Waals surface area contributed by atoms with E-state index in [2.05, 4.69) is 15.3 Å². The summed E-state index contributed by atoms with van der Waals surface area (Å²) in [5.41, 5.74) is 2.21. The lowest BCUT2D eigenvalue weighted by atomic mass is 10.1. The van der Waals surface area contributed by atoms with E-state index in [0.29, 0.717) is 12.5 Å². The summed E-state index contributed by atoms with van der Waals surface area (Å²) in [4.78, 5) is 24.6. The maximum atomic E-state index is 12.6. The maximum absolute atomic E-state index is 12.6. The number of amides is 1. The zero-order valence-electron chi connectivity index (χ0n) is 14.1. The van der Waals surface area contributed by atoms with Gasteiger partial charge in [0, 0.05) is 36.6 Å². The van der Waals surface area contributed by atoms with Crippen LogP contribution < -0.4 is 5.32 Å². The number of fused-ring (bicyclic) bond motifs is 1. The molecule has 4 heterocycles. The lowest BCUT2D eigenvalue weighted by molar-refractivity contribution is -0.130. The van der Waals surface area contributed by atoms with Gasteiger partial charge in [0.15, 0.2) is 0 Å². The first kappa shape index (κ1) is 16.5. The second-order valence-corrected chi connectivity index (χ2v) is 7.52. The van der Waals surface area contributed by atoms with Gasteiger partial charge in [-0.2, -0.15) is 0 Å². The van der Waals surface area contributed by atoms with Crippen molar-refractivity contribution in [1.29, 1.82) is 0 Å². The third-order valence-corrected chi connectivity index (χ3v) is 5.69. The van der Waals surface area contributed by atoms with Gasteiger partial charge in [-0.15, -0.1) is 11.3 Å². The lowest BCUT2D eigenvalue weighted by Gasteiger charge is -2.20. The molecular weight excluding hydrogens is 336 g/mol. The van der Waals surface area contributed by atoms with Crippen molar-refractivity contribution in [3.05, 3.63) is 40.0 Å². The van der Waals surface area contributed by atoms with Crippen LogP contribution in [0.15, 0.2) is 23.8 Å². The fraction of sp³-hybridized carbons (Fsp3) is 0.500. The molecule has 6 nitrogen and oxygen atoms in total. The molecule has 1 atom stereocenters. The Morgan fingerprint density at radius 1 is 1.36 bits per heavy atom. The zero-order chi connectivity index (χ0) is 17.1. The number of thiophene rings is 1. The van der Waals surface area contributed by atoms with Crippen molar-refractivity contribution < 1.29 is 9.53 Å². The van der Waals surface area contributed by atoms with Gasteiger partial charge in [-0.3, -0.25) is 4.79 Å². The molecule has 1 N–H and O–H groups in total. The Labute approximate surface area is 151 Å². The van der Waals surface area contributed by atoms with Crippen LogP contribution in [0.4, 0.5) is 5.82 Å². The molecule has 2 aliphatic rings. The summed E-state index contributed by atoms with van der Waals surface area (Å²) >= 11 is 1.64. The van der Waals surface area contributed by atoms with Crippen LogP contribution in [-0.4, -0.2) is 53.1 Å². The third-order valence-electron chi connectivity index (χ3n) is 4.81. The molecule has 7 heteroatoms. The van der Waals surface area contributed by atoms with Crippen LogP contribution in [0.3, 0.4) is 0 Å². The van der Waals surface area contributed by atoms with Crippen molar-refractivity contribution in [2.45, 2.75) is 31.7 Å². The molecule has 0 aliphatic carbocycles. The Hall–Kier alpha value is -1.99. The minimum atomic E-state index is 0.196. The second-order valence-electron chi connectivity index (χ2n) is 6.49. The molecule has 0 bridgehead atoms. The van der Waals surface area contributed by atoms with Crippen molar-refractivity contribution in [1.82, 2.24) is 14.9 Å². The summed E-state index contributed by atoms with van der Waals surface area (Å²) in [7, 11) is 0. The highest BCUT2D eigenvalue weighted by atomic mass is 32.1. The average Bonchev–Trinajstić information content (AvgIpc) is 3.26. The molecule has 0 spiro atoms. The molecule has 0 saturated carbocycles. The largest absolute Gasteiger partial charge is 0.379 e. The fourth-order valence-corrected chi connectivity index (χ4v) is 4.11. The van der Waals surface area contributed by atoms with E-state index in [0.717, 1.165) is 67.5 Å². The van der Waals surface area contributed by atoms with Crippen molar-refractivity contribution in [3.8, 4) is 0 Å². The number of carbonyl (C=O) groups is 1. The predicted molar refractivity (Wildman–Crippen MR) is 96.9 cm³/mol. The molecule has 2 aliphatic heterocycles. The van der Waals surface area contributed by atoms with Gasteiger partial charge in [0.05, 0.1) is 24.8 Å². The van der Waals surface area contributed by atoms with Crippen molar-refractivity contribution in [3.63, 3.8) is 0 Å². The van der Waals surface area contributed by atoms with Crippen LogP contribution in [-0.2, 0) is 28.8 Å². The van der Waals surface area contributed by atoms with E-state index in [1.165, 1.54) is 0 Å². The molecule has 25 heavy (non-hydrogen) atoms. The molecule has 0 radical (unpaired) electrons. The Morgan fingerprint density at radius 3 is 3.08 bits per heavy atom. The third kappa shape index (κ3) is 3.82. The van der Waals surface area contributed by atoms with Crippen molar-refractivity contribution in [2.75, 3.05) is 31.6 Å². The molecule has 2 aromatic rings. The SMILES string of the molecule is O=C(Cc1cccs1)N1CCc2ncnc(N[C@@H]3CCOC3)c2CC1. The average molecular weight is 358 g/mol. The smallest absolute Gasteiger partial charge is 0.227 e. The van der Waals surface area contributed by atoms with Crippen LogP contribution in [0.25, 0.3) is 0 Å². The van der Waals surface area contributed by atoms with Gasteiger partial charge in [-0.1, -0.05) is 6.07 Å². The second kappa shape index (κ2) is 7.49. The summed E-state index contributed by atoms with van der Waals surface area (Å²) in [6.07, 6.45) is 4.70. The van der Waals surface area contributed by atoms with Gasteiger partial charge < -0.3 is 15.0 Å². The first-order chi connectivity index (χ1) is 12.3. The quantitative estimate of drug-likeness (QED) is 0.904. The number of nitrogens with zero attached hydrogens (tertiary/aromatic N) is 3. The van der Waals surface area contributed by atoms with Crippen LogP contribution in [0.2, 0.25) is 0 Å². The number of anilines is 1. The Morgan fingerprint density at radius 2 is 2.28 bits per heavy atom. The Bertz CT molecular complexity index is 729. The summed E-state index contributed by atoms with van der Waals surface area (Å²) < 4.78 is 5.44. The van der Waals surface area contributed by atoms with Gasteiger partial charge in [0.1, 0.15) is 12.1 Å². The van der Waals surface area contributed by atoms with Gasteiger partial charge in [-0.25, -0.2) is 9.97 Å². The highest BCUT2D eigenvalue weighted by molar-refractivity contribution is 7.10. The van der Waals surface area contributed by atoms with Crippen LogP contribution >= 0.6 is 11.3 Å². The molecule has 2 aromatic heterocycles. The lowest BCUT2D eigenvalue weighted by Crippen LogP contribution is -2.34. The number of hydrogen-bond donors (Lipinski definition) is 1. The number of carbonyl (C=O) groups excluding carboxylic acids is 1. The molecular formula is C18H22N4O2S. The van der Waals surface area contributed by atoms with Gasteiger partial charge in [0.25, 0.3) is 0 Å². The van der Waals surface area contributed by atoms with E-state index in [-0.39, 0.29) is 5.91 Å². The number of ether oxygens (including phenoxy) is 1. The molecule has 1 amide bonds. The van der Waals surface area contributed by atoms with E-state index in [4.69, 9.17) is 4.74 Å². The molecule has 0 aromatic carbocycles. The monoisotopic (exact) mass is 358 g/mol. The number of rotatable bonds is 4. The molecule has 1 fully saturated rings. The van der Waals surface area contributed by atoms with Crippen LogP contribution in [0.1, 0.15) is 22.6 Å². The van der Waals surface area contributed by atoms with Gasteiger partial charge >= 0.3 is 0 Å². The van der Waals surface area contributed by atoms with E-state index >= 15 is 0 Å². The van der Waals surface area contributed by atoms with E-state index < -0.39 is 0 Å². The molecule has 132 valence electrons.